The van der Waals surface area contributed by atoms with E-state index in [1.807, 2.05) is 33.3 Å². The van der Waals surface area contributed by atoms with Crippen LogP contribution in [0.5, 0.6) is 0 Å². The van der Waals surface area contributed by atoms with Crippen molar-refractivity contribution in [2.24, 2.45) is 0 Å². The summed E-state index contributed by atoms with van der Waals surface area (Å²) >= 11 is 0. The third-order valence-electron chi connectivity index (χ3n) is 12.2. The molecule has 0 saturated carbocycles. The Morgan fingerprint density at radius 3 is 1.43 bits per heavy atom. The average Bonchev–Trinajstić information content (AvgIpc) is 3.28. The van der Waals surface area contributed by atoms with Gasteiger partial charge in [0.25, 0.3) is 7.82 Å². The minimum Gasteiger partial charge on any atom is -0.756 e. The number of hydrogen-bond acceptors (Lipinski definition) is 7. The lowest BCUT2D eigenvalue weighted by atomic mass is 10.1. The topological polar surface area (TPSA) is 114 Å². The van der Waals surface area contributed by atoms with E-state index in [1.54, 1.807) is 0 Å². The van der Waals surface area contributed by atoms with Gasteiger partial charge in [-0.15, -0.1) is 0 Å². The molecule has 3 unspecified atom stereocenters. The highest BCUT2D eigenvalue weighted by Crippen LogP contribution is 2.38. The molecule has 392 valence electrons. The van der Waals surface area contributed by atoms with E-state index in [9.17, 15) is 19.0 Å². The maximum Gasteiger partial charge on any atom is 0.306 e. The summed E-state index contributed by atoms with van der Waals surface area (Å²) in [5.74, 6) is -0.559. The van der Waals surface area contributed by atoms with E-state index < -0.39 is 26.6 Å². The maximum atomic E-state index is 13.5. The van der Waals surface area contributed by atoms with Gasteiger partial charge in [-0.05, 0) is 83.1 Å². The van der Waals surface area contributed by atoms with Crippen LogP contribution in [0.4, 0.5) is 0 Å². The third-order valence-corrected chi connectivity index (χ3v) is 13.2. The largest absolute Gasteiger partial charge is 0.756 e. The van der Waals surface area contributed by atoms with Crippen molar-refractivity contribution in [3.8, 4) is 0 Å². The molecule has 0 fully saturated rings. The average molecular weight is 963 g/mol. The zero-order chi connectivity index (χ0) is 49.4. The van der Waals surface area contributed by atoms with Gasteiger partial charge in [0.2, 0.25) is 5.91 Å². The smallest absolute Gasteiger partial charge is 0.306 e. The van der Waals surface area contributed by atoms with E-state index in [-0.39, 0.29) is 24.9 Å². The number of phosphoric ester groups is 1. The van der Waals surface area contributed by atoms with E-state index >= 15 is 0 Å². The van der Waals surface area contributed by atoms with Gasteiger partial charge in [0.15, 0.2) is 0 Å². The molecule has 10 heteroatoms. The van der Waals surface area contributed by atoms with E-state index in [0.29, 0.717) is 17.4 Å². The molecule has 0 radical (unpaired) electrons. The number of rotatable bonds is 50. The van der Waals surface area contributed by atoms with Crippen LogP contribution in [0.3, 0.4) is 0 Å². The number of carbonyl (C=O) groups is 2. The second kappa shape index (κ2) is 47.6. The lowest BCUT2D eigenvalue weighted by Gasteiger charge is -2.30. The summed E-state index contributed by atoms with van der Waals surface area (Å²) in [7, 11) is 1.17. The van der Waals surface area contributed by atoms with Crippen LogP contribution in [0.25, 0.3) is 0 Å². The lowest BCUT2D eigenvalue weighted by molar-refractivity contribution is -0.870. The quantitative estimate of drug-likeness (QED) is 0.0212. The van der Waals surface area contributed by atoms with Gasteiger partial charge in [0, 0.05) is 12.8 Å². The Labute approximate surface area is 414 Å². The summed E-state index contributed by atoms with van der Waals surface area (Å²) in [6.07, 6.45) is 56.4. The first-order valence-electron chi connectivity index (χ1n) is 27.9. The van der Waals surface area contributed by atoms with E-state index in [2.05, 4.69) is 62.5 Å². The van der Waals surface area contributed by atoms with Crippen LogP contribution in [0.2, 0.25) is 0 Å². The van der Waals surface area contributed by atoms with Crippen LogP contribution in [-0.2, 0) is 27.9 Å². The fourth-order valence-electron chi connectivity index (χ4n) is 7.91. The second-order valence-corrected chi connectivity index (χ2v) is 21.5. The summed E-state index contributed by atoms with van der Waals surface area (Å²) < 4.78 is 30.2. The molecule has 0 heterocycles. The number of phosphoric acid groups is 1. The Bertz CT molecular complexity index is 1290. The first-order valence-corrected chi connectivity index (χ1v) is 29.4. The Morgan fingerprint density at radius 2 is 0.955 bits per heavy atom. The molecular weight excluding hydrogens is 856 g/mol. The number of likely N-dealkylation sites (N-methyl/N-ethyl adjacent to an activating group) is 1. The van der Waals surface area contributed by atoms with Crippen molar-refractivity contribution >= 4 is 19.7 Å². The highest BCUT2D eigenvalue weighted by Gasteiger charge is 2.27. The molecule has 0 aliphatic heterocycles. The Kier molecular flexibility index (Phi) is 46.2. The molecule has 67 heavy (non-hydrogen) atoms. The van der Waals surface area contributed by atoms with Gasteiger partial charge in [-0.3, -0.25) is 14.2 Å². The maximum absolute atomic E-state index is 13.5. The summed E-state index contributed by atoms with van der Waals surface area (Å²) in [6, 6.07) is -0.893. The molecule has 0 bridgehead atoms. The number of hydrogen-bond donors (Lipinski definition) is 1. The zero-order valence-electron chi connectivity index (χ0n) is 44.6. The van der Waals surface area contributed by atoms with Gasteiger partial charge in [-0.2, -0.15) is 0 Å². The van der Waals surface area contributed by atoms with Gasteiger partial charge in [0.1, 0.15) is 19.3 Å². The number of carbonyl (C=O) groups excluding carboxylic acids is 2. The van der Waals surface area contributed by atoms with Crippen molar-refractivity contribution in [1.82, 2.24) is 5.32 Å². The molecule has 1 N–H and O–H groups in total. The minimum atomic E-state index is -4.69. The zero-order valence-corrected chi connectivity index (χ0v) is 45.5. The second-order valence-electron chi connectivity index (χ2n) is 20.1. The van der Waals surface area contributed by atoms with Crippen LogP contribution in [-0.4, -0.2) is 69.4 Å². The van der Waals surface area contributed by atoms with Gasteiger partial charge in [-0.25, -0.2) is 0 Å². The standard InChI is InChI=1S/C57H107N2O7P/c1-7-10-13-16-19-22-25-27-29-30-31-34-37-40-43-46-49-56(60)58-54(53-65-67(62,63)64-52-51-59(4,5)6)55(48-45-42-39-36-33-24-21-18-15-12-9-3)66-57(61)50-47-44-41-38-35-32-28-26-23-20-17-14-11-8-2/h11,14,20,23,29-30,45,48,54-55H,7-10,12-13,15-19,21-22,24-28,31-44,46-47,49-53H2,1-6H3,(H-,58,60,62,63)/b14-11+,23-20+,30-29+,48-45+. The van der Waals surface area contributed by atoms with E-state index in [1.165, 1.54) is 116 Å². The number of nitrogens with one attached hydrogen (secondary N) is 1. The summed E-state index contributed by atoms with van der Waals surface area (Å²) in [5.41, 5.74) is 0. The number of allylic oxidation sites excluding steroid dienone is 7. The molecule has 1 amide bonds. The van der Waals surface area contributed by atoms with Gasteiger partial charge < -0.3 is 28.5 Å². The van der Waals surface area contributed by atoms with Gasteiger partial charge in [0.05, 0.1) is 33.8 Å². The molecule has 0 aromatic heterocycles. The third kappa shape index (κ3) is 48.8. The normalized spacial score (nSPS) is 14.2. The van der Waals surface area contributed by atoms with Crippen LogP contribution >= 0.6 is 7.82 Å². The fourth-order valence-corrected chi connectivity index (χ4v) is 8.63. The molecular formula is C57H107N2O7P. The molecule has 0 aromatic rings. The van der Waals surface area contributed by atoms with Crippen LogP contribution in [0.1, 0.15) is 252 Å². The van der Waals surface area contributed by atoms with Crippen molar-refractivity contribution in [2.45, 2.75) is 264 Å². The summed E-state index contributed by atoms with van der Waals surface area (Å²) in [4.78, 5) is 39.8. The van der Waals surface area contributed by atoms with Crippen molar-refractivity contribution in [3.63, 3.8) is 0 Å². The predicted molar refractivity (Wildman–Crippen MR) is 284 cm³/mol. The van der Waals surface area contributed by atoms with Crippen LogP contribution < -0.4 is 10.2 Å². The van der Waals surface area contributed by atoms with Crippen LogP contribution in [0, 0.1) is 0 Å². The fraction of sp³-hybridized carbons (Fsp3) is 0.825. The summed E-state index contributed by atoms with van der Waals surface area (Å²) in [6.45, 7) is 6.72. The molecule has 9 nitrogen and oxygen atoms in total. The Balaban J connectivity index is 5.36. The molecule has 0 saturated heterocycles. The molecule has 0 spiro atoms. The molecule has 3 atom stereocenters. The number of quaternary nitrogens is 1. The number of ether oxygens (including phenoxy) is 1. The molecule has 0 aliphatic rings. The highest BCUT2D eigenvalue weighted by molar-refractivity contribution is 7.45. The first kappa shape index (κ1) is 65.0. The van der Waals surface area contributed by atoms with Crippen molar-refractivity contribution < 1.29 is 37.3 Å². The molecule has 0 aliphatic carbocycles. The van der Waals surface area contributed by atoms with Gasteiger partial charge in [-0.1, -0.05) is 205 Å². The monoisotopic (exact) mass is 963 g/mol. The number of esters is 1. The molecule has 0 rings (SSSR count). The van der Waals surface area contributed by atoms with Crippen LogP contribution in [0.15, 0.2) is 48.6 Å². The predicted octanol–water partition coefficient (Wildman–Crippen LogP) is 15.9. The number of nitrogens with zero attached hydrogens (tertiary/aromatic N) is 1. The van der Waals surface area contributed by atoms with E-state index in [0.717, 1.165) is 103 Å². The van der Waals surface area contributed by atoms with Gasteiger partial charge >= 0.3 is 5.97 Å². The highest BCUT2D eigenvalue weighted by atomic mass is 31.2. The Morgan fingerprint density at radius 1 is 0.537 bits per heavy atom. The number of unbranched alkanes of at least 4 members (excludes halogenated alkanes) is 28. The minimum absolute atomic E-state index is 0.0254. The first-order chi connectivity index (χ1) is 32.4. The Hall–Kier alpha value is -2.03. The van der Waals surface area contributed by atoms with E-state index in [4.69, 9.17) is 13.8 Å². The van der Waals surface area contributed by atoms with Crippen molar-refractivity contribution in [3.05, 3.63) is 48.6 Å². The van der Waals surface area contributed by atoms with Crippen molar-refractivity contribution in [1.29, 1.82) is 0 Å². The van der Waals surface area contributed by atoms with Crippen molar-refractivity contribution in [2.75, 3.05) is 40.9 Å². The lowest BCUT2D eigenvalue weighted by Crippen LogP contribution is -2.47. The summed E-state index contributed by atoms with van der Waals surface area (Å²) in [5, 5.41) is 3.01. The number of amides is 1. The SMILES string of the molecule is CC/C=C/C/C=C/CCCCCCCCCC(=O)OC(/C=C/CCCCCCCCCCC)C(COP(=O)([O-])OCC[N+](C)(C)C)NC(=O)CCCCCCC/C=C/CCCCCCCCC. The molecule has 0 aromatic carbocycles.